The third-order valence-corrected chi connectivity index (χ3v) is 3.11. The molecule has 16 heavy (non-hydrogen) atoms. The standard InChI is InChI=1S/C13H21NO2/c1-13(2)8-11(5-7-16-13)9-14-10-12-4-3-6-15-12/h3-4,6,11,14H,5,7-10H2,1-2H3/t11-/m1/s1. The van der Waals surface area contributed by atoms with Crippen molar-refractivity contribution in [2.45, 2.75) is 38.8 Å². The predicted molar refractivity (Wildman–Crippen MR) is 63.2 cm³/mol. The molecule has 0 aromatic carbocycles. The fourth-order valence-electron chi connectivity index (χ4n) is 2.34. The van der Waals surface area contributed by atoms with Crippen molar-refractivity contribution in [1.82, 2.24) is 5.32 Å². The van der Waals surface area contributed by atoms with Crippen LogP contribution in [0, 0.1) is 5.92 Å². The minimum absolute atomic E-state index is 0.0509. The molecule has 2 heterocycles. The van der Waals surface area contributed by atoms with E-state index in [9.17, 15) is 0 Å². The predicted octanol–water partition coefficient (Wildman–Crippen LogP) is 2.57. The zero-order valence-electron chi connectivity index (χ0n) is 10.2. The third kappa shape index (κ3) is 3.35. The van der Waals surface area contributed by atoms with Crippen molar-refractivity contribution in [3.63, 3.8) is 0 Å². The van der Waals surface area contributed by atoms with Crippen LogP contribution in [0.15, 0.2) is 22.8 Å². The second kappa shape index (κ2) is 5.02. The maximum Gasteiger partial charge on any atom is 0.117 e. The Morgan fingerprint density at radius 2 is 2.38 bits per heavy atom. The van der Waals surface area contributed by atoms with E-state index >= 15 is 0 Å². The quantitative estimate of drug-likeness (QED) is 0.852. The molecular weight excluding hydrogens is 202 g/mol. The Labute approximate surface area is 97.2 Å². The molecule has 0 aliphatic carbocycles. The van der Waals surface area contributed by atoms with Gasteiger partial charge in [-0.25, -0.2) is 0 Å². The van der Waals surface area contributed by atoms with E-state index in [-0.39, 0.29) is 5.60 Å². The summed E-state index contributed by atoms with van der Waals surface area (Å²) in [7, 11) is 0. The topological polar surface area (TPSA) is 34.4 Å². The first kappa shape index (κ1) is 11.7. The summed E-state index contributed by atoms with van der Waals surface area (Å²) in [6.45, 7) is 7.11. The van der Waals surface area contributed by atoms with Crippen LogP contribution < -0.4 is 5.32 Å². The summed E-state index contributed by atoms with van der Waals surface area (Å²) in [5.74, 6) is 1.73. The van der Waals surface area contributed by atoms with Crippen LogP contribution in [0.3, 0.4) is 0 Å². The molecule has 1 aromatic heterocycles. The molecule has 1 aliphatic rings. The van der Waals surface area contributed by atoms with Gasteiger partial charge in [-0.2, -0.15) is 0 Å². The van der Waals surface area contributed by atoms with Crippen LogP contribution in [0.5, 0.6) is 0 Å². The molecule has 1 aliphatic heterocycles. The Bertz CT molecular complexity index is 306. The molecule has 2 rings (SSSR count). The van der Waals surface area contributed by atoms with E-state index in [1.807, 2.05) is 12.1 Å². The van der Waals surface area contributed by atoms with Crippen LogP contribution in [0.1, 0.15) is 32.4 Å². The lowest BCUT2D eigenvalue weighted by molar-refractivity contribution is -0.0718. The van der Waals surface area contributed by atoms with E-state index in [2.05, 4.69) is 19.2 Å². The zero-order valence-corrected chi connectivity index (χ0v) is 10.2. The Morgan fingerprint density at radius 3 is 3.06 bits per heavy atom. The summed E-state index contributed by atoms with van der Waals surface area (Å²) in [6, 6.07) is 3.93. The highest BCUT2D eigenvalue weighted by molar-refractivity contribution is 4.97. The third-order valence-electron chi connectivity index (χ3n) is 3.11. The van der Waals surface area contributed by atoms with E-state index in [0.717, 1.165) is 44.2 Å². The average molecular weight is 223 g/mol. The lowest BCUT2D eigenvalue weighted by Crippen LogP contribution is -2.37. The van der Waals surface area contributed by atoms with Crippen molar-refractivity contribution < 1.29 is 9.15 Å². The summed E-state index contributed by atoms with van der Waals surface area (Å²) in [5.41, 5.74) is 0.0509. The van der Waals surface area contributed by atoms with Gasteiger partial charge in [0.25, 0.3) is 0 Å². The van der Waals surface area contributed by atoms with Crippen molar-refractivity contribution >= 4 is 0 Å². The van der Waals surface area contributed by atoms with Crippen LogP contribution in [-0.2, 0) is 11.3 Å². The fraction of sp³-hybridized carbons (Fsp3) is 0.692. The monoisotopic (exact) mass is 223 g/mol. The van der Waals surface area contributed by atoms with E-state index < -0.39 is 0 Å². The average Bonchev–Trinajstić information content (AvgIpc) is 2.69. The lowest BCUT2D eigenvalue weighted by atomic mass is 9.88. The summed E-state index contributed by atoms with van der Waals surface area (Å²) >= 11 is 0. The van der Waals surface area contributed by atoms with E-state index in [1.165, 1.54) is 0 Å². The van der Waals surface area contributed by atoms with Crippen molar-refractivity contribution in [3.8, 4) is 0 Å². The van der Waals surface area contributed by atoms with Crippen molar-refractivity contribution in [1.29, 1.82) is 0 Å². The van der Waals surface area contributed by atoms with Gasteiger partial charge in [-0.05, 0) is 51.3 Å². The molecule has 0 saturated carbocycles. The van der Waals surface area contributed by atoms with Gasteiger partial charge in [0.1, 0.15) is 5.76 Å². The van der Waals surface area contributed by atoms with Crippen LogP contribution >= 0.6 is 0 Å². The van der Waals surface area contributed by atoms with E-state index in [1.54, 1.807) is 6.26 Å². The summed E-state index contributed by atoms with van der Waals surface area (Å²) in [5, 5.41) is 3.45. The second-order valence-electron chi connectivity index (χ2n) is 5.18. The molecule has 1 saturated heterocycles. The highest BCUT2D eigenvalue weighted by Gasteiger charge is 2.28. The summed E-state index contributed by atoms with van der Waals surface area (Å²) in [6.07, 6.45) is 4.02. The number of rotatable bonds is 4. The first-order valence-electron chi connectivity index (χ1n) is 6.03. The van der Waals surface area contributed by atoms with Gasteiger partial charge < -0.3 is 14.5 Å². The van der Waals surface area contributed by atoms with Crippen LogP contribution in [0.4, 0.5) is 0 Å². The van der Waals surface area contributed by atoms with Crippen molar-refractivity contribution in [2.24, 2.45) is 5.92 Å². The van der Waals surface area contributed by atoms with Gasteiger partial charge in [0.05, 0.1) is 18.4 Å². The van der Waals surface area contributed by atoms with Gasteiger partial charge in [-0.3, -0.25) is 0 Å². The van der Waals surface area contributed by atoms with Gasteiger partial charge in [-0.1, -0.05) is 0 Å². The van der Waals surface area contributed by atoms with Gasteiger partial charge >= 0.3 is 0 Å². The van der Waals surface area contributed by atoms with Crippen molar-refractivity contribution in [2.75, 3.05) is 13.2 Å². The lowest BCUT2D eigenvalue weighted by Gasteiger charge is -2.35. The number of nitrogens with one attached hydrogen (secondary N) is 1. The molecular formula is C13H21NO2. The number of hydrogen-bond donors (Lipinski definition) is 1. The van der Waals surface area contributed by atoms with Gasteiger partial charge in [-0.15, -0.1) is 0 Å². The molecule has 1 aromatic rings. The molecule has 0 bridgehead atoms. The van der Waals surface area contributed by atoms with Crippen LogP contribution in [0.25, 0.3) is 0 Å². The molecule has 0 radical (unpaired) electrons. The zero-order chi connectivity index (χ0) is 11.4. The fourth-order valence-corrected chi connectivity index (χ4v) is 2.34. The van der Waals surface area contributed by atoms with Crippen LogP contribution in [0.2, 0.25) is 0 Å². The number of furan rings is 1. The molecule has 3 nitrogen and oxygen atoms in total. The van der Waals surface area contributed by atoms with Gasteiger partial charge in [0.2, 0.25) is 0 Å². The number of ether oxygens (including phenoxy) is 1. The molecule has 0 unspecified atom stereocenters. The smallest absolute Gasteiger partial charge is 0.117 e. The summed E-state index contributed by atoms with van der Waals surface area (Å²) in [4.78, 5) is 0. The molecule has 1 fully saturated rings. The minimum Gasteiger partial charge on any atom is -0.468 e. The Kier molecular flexibility index (Phi) is 3.66. The molecule has 1 N–H and O–H groups in total. The SMILES string of the molecule is CC1(C)C[C@H](CNCc2ccco2)CCO1. The Hall–Kier alpha value is -0.800. The largest absolute Gasteiger partial charge is 0.468 e. The normalized spacial score (nSPS) is 24.5. The Balaban J connectivity index is 1.70. The highest BCUT2D eigenvalue weighted by atomic mass is 16.5. The second-order valence-corrected chi connectivity index (χ2v) is 5.18. The molecule has 1 atom stereocenters. The maximum atomic E-state index is 5.70. The van der Waals surface area contributed by atoms with E-state index in [4.69, 9.17) is 9.15 Å². The first-order chi connectivity index (χ1) is 7.66. The van der Waals surface area contributed by atoms with Crippen LogP contribution in [-0.4, -0.2) is 18.8 Å². The molecule has 90 valence electrons. The molecule has 3 heteroatoms. The molecule has 0 spiro atoms. The minimum atomic E-state index is 0.0509. The van der Waals surface area contributed by atoms with Crippen molar-refractivity contribution in [3.05, 3.63) is 24.2 Å². The van der Waals surface area contributed by atoms with Gasteiger partial charge in [0, 0.05) is 6.61 Å². The highest BCUT2D eigenvalue weighted by Crippen LogP contribution is 2.27. The Morgan fingerprint density at radius 1 is 1.50 bits per heavy atom. The van der Waals surface area contributed by atoms with Gasteiger partial charge in [0.15, 0.2) is 0 Å². The van der Waals surface area contributed by atoms with E-state index in [0.29, 0.717) is 0 Å². The maximum absolute atomic E-state index is 5.70. The molecule has 0 amide bonds. The number of hydrogen-bond acceptors (Lipinski definition) is 3. The summed E-state index contributed by atoms with van der Waals surface area (Å²) < 4.78 is 11.0. The first-order valence-corrected chi connectivity index (χ1v) is 6.03.